The summed E-state index contributed by atoms with van der Waals surface area (Å²) in [5, 5.41) is 13.6. The van der Waals surface area contributed by atoms with Gasteiger partial charge < -0.3 is 24.5 Å². The van der Waals surface area contributed by atoms with E-state index in [-0.39, 0.29) is 34.9 Å². The predicted octanol–water partition coefficient (Wildman–Crippen LogP) is 3.71. The third kappa shape index (κ3) is 4.07. The maximum absolute atomic E-state index is 14.8. The van der Waals surface area contributed by atoms with Gasteiger partial charge in [0, 0.05) is 22.7 Å². The lowest BCUT2D eigenvalue weighted by Crippen LogP contribution is -2.48. The molecule has 11 heteroatoms. The molecule has 0 amide bonds. The molecule has 3 aromatic rings. The highest BCUT2D eigenvalue weighted by Crippen LogP contribution is 2.32. The van der Waals surface area contributed by atoms with Crippen LogP contribution in [0.2, 0.25) is 0 Å². The SMILES string of the molecule is Cc1c(C(F)F)c(=O)c2ccc(-c3nc(N[C@@H]4C[C@H]5CO[C@H](O5)[C@H]4O)ncc3F)cc2n1C(C)C. The van der Waals surface area contributed by atoms with Crippen molar-refractivity contribution in [2.24, 2.45) is 0 Å². The maximum atomic E-state index is 14.8. The van der Waals surface area contributed by atoms with Crippen LogP contribution in [-0.2, 0) is 9.47 Å². The Morgan fingerprint density at radius 1 is 1.29 bits per heavy atom. The van der Waals surface area contributed by atoms with Crippen molar-refractivity contribution in [1.29, 1.82) is 0 Å². The number of hydrogen-bond donors (Lipinski definition) is 2. The van der Waals surface area contributed by atoms with Crippen LogP contribution in [0, 0.1) is 12.7 Å². The zero-order valence-electron chi connectivity index (χ0n) is 19.3. The minimum Gasteiger partial charge on any atom is -0.386 e. The fourth-order valence-electron chi connectivity index (χ4n) is 4.95. The van der Waals surface area contributed by atoms with E-state index in [0.29, 0.717) is 24.1 Å². The lowest BCUT2D eigenvalue weighted by Gasteiger charge is -2.32. The monoisotopic (exact) mass is 490 g/mol. The normalized spacial score (nSPS) is 24.0. The highest BCUT2D eigenvalue weighted by atomic mass is 19.3. The number of aliphatic hydroxyl groups excluding tert-OH is 1. The second-order valence-corrected chi connectivity index (χ2v) is 9.15. The Bertz CT molecular complexity index is 1350. The van der Waals surface area contributed by atoms with Crippen molar-refractivity contribution >= 4 is 16.9 Å². The fourth-order valence-corrected chi connectivity index (χ4v) is 4.95. The first-order valence-corrected chi connectivity index (χ1v) is 11.4. The molecule has 0 saturated carbocycles. The van der Waals surface area contributed by atoms with E-state index in [1.807, 2.05) is 13.8 Å². The molecule has 186 valence electrons. The predicted molar refractivity (Wildman–Crippen MR) is 122 cm³/mol. The van der Waals surface area contributed by atoms with E-state index < -0.39 is 41.7 Å². The van der Waals surface area contributed by atoms with E-state index >= 15 is 0 Å². The number of nitrogens with zero attached hydrogens (tertiary/aromatic N) is 3. The quantitative estimate of drug-likeness (QED) is 0.563. The number of nitrogens with one attached hydrogen (secondary N) is 1. The summed E-state index contributed by atoms with van der Waals surface area (Å²) in [6, 6.07) is 3.80. The van der Waals surface area contributed by atoms with Crippen LogP contribution >= 0.6 is 0 Å². The van der Waals surface area contributed by atoms with Crippen molar-refractivity contribution in [3.8, 4) is 11.3 Å². The third-order valence-corrected chi connectivity index (χ3v) is 6.55. The lowest BCUT2D eigenvalue weighted by molar-refractivity contribution is -0.156. The van der Waals surface area contributed by atoms with Gasteiger partial charge in [-0.3, -0.25) is 4.79 Å². The largest absolute Gasteiger partial charge is 0.386 e. The standard InChI is InChI=1S/C24H25F3N4O4/c1-10(2)31-11(3)18(22(26)27)20(32)14-5-4-12(6-17(14)31)19-15(25)8-28-24(30-19)29-16-7-13-9-34-23(35-13)21(16)33/h4-6,8,10,13,16,21-23,33H,7,9H2,1-3H3,(H,28,29,30)/t13-,16+,21-,23+/m0/s1. The fraction of sp³-hybridized carbons (Fsp3) is 0.458. The number of halogens is 3. The van der Waals surface area contributed by atoms with Gasteiger partial charge in [-0.15, -0.1) is 0 Å². The number of ether oxygens (including phenoxy) is 2. The van der Waals surface area contributed by atoms with Gasteiger partial charge in [0.25, 0.3) is 6.43 Å². The van der Waals surface area contributed by atoms with Crippen LogP contribution in [0.4, 0.5) is 19.1 Å². The van der Waals surface area contributed by atoms with Crippen molar-refractivity contribution in [2.75, 3.05) is 11.9 Å². The first-order chi connectivity index (χ1) is 16.7. The summed E-state index contributed by atoms with van der Waals surface area (Å²) >= 11 is 0. The minimum absolute atomic E-state index is 0.0245. The van der Waals surface area contributed by atoms with Crippen molar-refractivity contribution in [1.82, 2.24) is 14.5 Å². The highest BCUT2D eigenvalue weighted by molar-refractivity contribution is 5.85. The number of rotatable bonds is 5. The van der Waals surface area contributed by atoms with Crippen molar-refractivity contribution in [3.63, 3.8) is 0 Å². The van der Waals surface area contributed by atoms with Gasteiger partial charge in [-0.1, -0.05) is 6.07 Å². The maximum Gasteiger partial charge on any atom is 0.269 e. The molecule has 8 nitrogen and oxygen atoms in total. The van der Waals surface area contributed by atoms with Crippen LogP contribution < -0.4 is 10.7 Å². The van der Waals surface area contributed by atoms with Crippen LogP contribution in [0.3, 0.4) is 0 Å². The van der Waals surface area contributed by atoms with Crippen LogP contribution in [0.15, 0.2) is 29.2 Å². The summed E-state index contributed by atoms with van der Waals surface area (Å²) < 4.78 is 54.7. The molecule has 1 aromatic carbocycles. The Labute approximate surface area is 198 Å². The van der Waals surface area contributed by atoms with Gasteiger partial charge in [0.15, 0.2) is 17.5 Å². The molecule has 2 aromatic heterocycles. The molecule has 5 rings (SSSR count). The first-order valence-electron chi connectivity index (χ1n) is 11.4. The first kappa shape index (κ1) is 23.7. The summed E-state index contributed by atoms with van der Waals surface area (Å²) in [4.78, 5) is 21.1. The third-order valence-electron chi connectivity index (χ3n) is 6.55. The van der Waals surface area contributed by atoms with Crippen LogP contribution in [0.25, 0.3) is 22.2 Å². The average Bonchev–Trinajstić information content (AvgIpc) is 3.21. The Hall–Kier alpha value is -3.02. The number of anilines is 1. The number of hydrogen-bond acceptors (Lipinski definition) is 7. The number of aromatic nitrogens is 3. The Balaban J connectivity index is 1.57. The van der Waals surface area contributed by atoms with Crippen LogP contribution in [-0.4, -0.2) is 50.8 Å². The van der Waals surface area contributed by atoms with Gasteiger partial charge in [-0.2, -0.15) is 0 Å². The van der Waals surface area contributed by atoms with Gasteiger partial charge in [0.05, 0.1) is 36.0 Å². The molecule has 2 bridgehead atoms. The molecule has 2 fully saturated rings. The number of alkyl halides is 2. The van der Waals surface area contributed by atoms with Gasteiger partial charge in [-0.25, -0.2) is 23.1 Å². The summed E-state index contributed by atoms with van der Waals surface area (Å²) in [5.74, 6) is -0.581. The molecule has 4 atom stereocenters. The number of pyridine rings is 1. The zero-order valence-corrected chi connectivity index (χ0v) is 19.3. The Kier molecular flexibility index (Phi) is 6.02. The van der Waals surface area contributed by atoms with Gasteiger partial charge in [-0.05, 0) is 39.3 Å². The van der Waals surface area contributed by atoms with E-state index in [1.165, 1.54) is 19.1 Å². The van der Waals surface area contributed by atoms with Crippen molar-refractivity contribution < 1.29 is 27.8 Å². The van der Waals surface area contributed by atoms with Crippen LogP contribution in [0.1, 0.15) is 44.0 Å². The molecule has 2 aliphatic rings. The second kappa shape index (κ2) is 8.89. The smallest absolute Gasteiger partial charge is 0.269 e. The average molecular weight is 490 g/mol. The number of benzene rings is 1. The molecule has 2 saturated heterocycles. The molecule has 4 heterocycles. The van der Waals surface area contributed by atoms with Crippen LogP contribution in [0.5, 0.6) is 0 Å². The van der Waals surface area contributed by atoms with E-state index in [4.69, 9.17) is 9.47 Å². The van der Waals surface area contributed by atoms with E-state index in [1.54, 1.807) is 10.6 Å². The Morgan fingerprint density at radius 3 is 2.77 bits per heavy atom. The molecule has 0 spiro atoms. The summed E-state index contributed by atoms with van der Waals surface area (Å²) in [6.07, 6.45) is -3.26. The topological polar surface area (TPSA) is 98.5 Å². The van der Waals surface area contributed by atoms with E-state index in [0.717, 1.165) is 6.20 Å². The second-order valence-electron chi connectivity index (χ2n) is 9.15. The van der Waals surface area contributed by atoms with E-state index in [9.17, 15) is 23.1 Å². The van der Waals surface area contributed by atoms with Gasteiger partial charge in [0.1, 0.15) is 11.8 Å². The lowest BCUT2D eigenvalue weighted by atomic mass is 10.0. The van der Waals surface area contributed by atoms with Gasteiger partial charge >= 0.3 is 0 Å². The molecule has 2 N–H and O–H groups in total. The molecule has 0 radical (unpaired) electrons. The Morgan fingerprint density at radius 2 is 2.06 bits per heavy atom. The number of fused-ring (bicyclic) bond motifs is 3. The summed E-state index contributed by atoms with van der Waals surface area (Å²) in [6.45, 7) is 5.51. The minimum atomic E-state index is -2.91. The zero-order chi connectivity index (χ0) is 25.0. The molecule has 2 aliphatic heterocycles. The molecular weight excluding hydrogens is 465 g/mol. The molecule has 0 unspecified atom stereocenters. The molecule has 35 heavy (non-hydrogen) atoms. The number of aliphatic hydroxyl groups is 1. The summed E-state index contributed by atoms with van der Waals surface area (Å²) in [7, 11) is 0. The molecule has 0 aliphatic carbocycles. The highest BCUT2D eigenvalue weighted by Gasteiger charge is 2.43. The summed E-state index contributed by atoms with van der Waals surface area (Å²) in [5.41, 5.74) is -0.373. The van der Waals surface area contributed by atoms with E-state index in [2.05, 4.69) is 15.3 Å². The van der Waals surface area contributed by atoms with Crippen molar-refractivity contribution in [2.45, 2.75) is 64.2 Å². The molecular formula is C24H25F3N4O4. The van der Waals surface area contributed by atoms with Crippen molar-refractivity contribution in [3.05, 3.63) is 51.7 Å². The van der Waals surface area contributed by atoms with Gasteiger partial charge in [0.2, 0.25) is 5.95 Å².